The van der Waals surface area contributed by atoms with Crippen molar-refractivity contribution in [2.75, 3.05) is 0 Å². The summed E-state index contributed by atoms with van der Waals surface area (Å²) >= 11 is 7.54. The van der Waals surface area contributed by atoms with Crippen molar-refractivity contribution in [1.82, 2.24) is 0 Å². The van der Waals surface area contributed by atoms with Crippen molar-refractivity contribution in [3.8, 4) is 0 Å². The molecule has 1 nitrogen and oxygen atoms in total. The van der Waals surface area contributed by atoms with E-state index in [1.807, 2.05) is 11.4 Å². The maximum Gasteiger partial charge on any atom is 0.0696 e. The van der Waals surface area contributed by atoms with E-state index in [1.54, 1.807) is 11.3 Å². The average Bonchev–Trinajstić information content (AvgIpc) is 2.63. The second kappa shape index (κ2) is 3.89. The molecule has 0 atom stereocenters. The van der Waals surface area contributed by atoms with E-state index >= 15 is 0 Å². The highest BCUT2D eigenvalue weighted by atomic mass is 35.5. The third kappa shape index (κ3) is 1.44. The summed E-state index contributed by atoms with van der Waals surface area (Å²) in [5.41, 5.74) is 3.35. The number of hydrogen-bond donors (Lipinski definition) is 1. The minimum Gasteiger partial charge on any atom is -0.392 e. The number of alkyl halides is 1. The Labute approximate surface area is 91.9 Å². The first-order valence-electron chi connectivity index (χ1n) is 4.43. The first-order valence-corrected chi connectivity index (χ1v) is 5.84. The molecule has 0 fully saturated rings. The Hall–Kier alpha value is -0.570. The van der Waals surface area contributed by atoms with E-state index in [-0.39, 0.29) is 6.61 Å². The zero-order valence-corrected chi connectivity index (χ0v) is 9.45. The molecule has 2 aromatic rings. The molecule has 0 aliphatic rings. The lowest BCUT2D eigenvalue weighted by atomic mass is 10.1. The van der Waals surface area contributed by atoms with Gasteiger partial charge in [0.25, 0.3) is 0 Å². The summed E-state index contributed by atoms with van der Waals surface area (Å²) in [6.45, 7) is 2.17. The SMILES string of the molecule is Cc1ccc(CCl)c2c(CO)csc12. The summed E-state index contributed by atoms with van der Waals surface area (Å²) in [6.07, 6.45) is 0. The standard InChI is InChI=1S/C11H11ClOS/c1-7-2-3-8(4-12)10-9(5-13)6-14-11(7)10/h2-3,6,13H,4-5H2,1H3. The molecule has 1 aromatic heterocycles. The second-order valence-corrected chi connectivity index (χ2v) is 4.45. The molecule has 1 N–H and O–H groups in total. The number of hydrogen-bond acceptors (Lipinski definition) is 2. The molecule has 1 aromatic carbocycles. The first kappa shape index (κ1) is 9.97. The van der Waals surface area contributed by atoms with E-state index in [0.717, 1.165) is 16.5 Å². The Morgan fingerprint density at radius 3 is 2.79 bits per heavy atom. The lowest BCUT2D eigenvalue weighted by Gasteiger charge is -2.03. The Balaban J connectivity index is 2.82. The van der Waals surface area contributed by atoms with Crippen LogP contribution in [0.4, 0.5) is 0 Å². The number of aliphatic hydroxyl groups excluding tert-OH is 1. The Morgan fingerprint density at radius 2 is 2.14 bits per heavy atom. The number of benzene rings is 1. The molecule has 0 radical (unpaired) electrons. The highest BCUT2D eigenvalue weighted by Crippen LogP contribution is 2.32. The van der Waals surface area contributed by atoms with Crippen LogP contribution in [0.1, 0.15) is 16.7 Å². The fourth-order valence-corrected chi connectivity index (χ4v) is 2.96. The lowest BCUT2D eigenvalue weighted by Crippen LogP contribution is -1.86. The van der Waals surface area contributed by atoms with E-state index in [4.69, 9.17) is 11.6 Å². The second-order valence-electron chi connectivity index (χ2n) is 3.30. The summed E-state index contributed by atoms with van der Waals surface area (Å²) in [6, 6.07) is 4.12. The van der Waals surface area contributed by atoms with Gasteiger partial charge < -0.3 is 5.11 Å². The summed E-state index contributed by atoms with van der Waals surface area (Å²) in [5.74, 6) is 0.501. The molecule has 74 valence electrons. The van der Waals surface area contributed by atoms with Crippen LogP contribution in [0, 0.1) is 6.92 Å². The van der Waals surface area contributed by atoms with Gasteiger partial charge in [-0.05, 0) is 29.0 Å². The minimum atomic E-state index is 0.0906. The van der Waals surface area contributed by atoms with Crippen molar-refractivity contribution in [3.05, 3.63) is 34.2 Å². The average molecular weight is 227 g/mol. The Morgan fingerprint density at radius 1 is 1.36 bits per heavy atom. The maximum absolute atomic E-state index is 9.20. The molecular formula is C11H11ClOS. The Kier molecular flexibility index (Phi) is 2.77. The molecule has 3 heteroatoms. The van der Waals surface area contributed by atoms with E-state index in [1.165, 1.54) is 10.3 Å². The van der Waals surface area contributed by atoms with Gasteiger partial charge >= 0.3 is 0 Å². The highest BCUT2D eigenvalue weighted by Gasteiger charge is 2.09. The molecule has 0 aliphatic carbocycles. The molecule has 0 spiro atoms. The smallest absolute Gasteiger partial charge is 0.0696 e. The van der Waals surface area contributed by atoms with Gasteiger partial charge in [0.2, 0.25) is 0 Å². The molecule has 1 heterocycles. The van der Waals surface area contributed by atoms with Crippen LogP contribution in [0.15, 0.2) is 17.5 Å². The highest BCUT2D eigenvalue weighted by molar-refractivity contribution is 7.17. The van der Waals surface area contributed by atoms with Gasteiger partial charge in [-0.1, -0.05) is 12.1 Å². The van der Waals surface area contributed by atoms with Gasteiger partial charge in [0.1, 0.15) is 0 Å². The van der Waals surface area contributed by atoms with Crippen LogP contribution in [0.5, 0.6) is 0 Å². The van der Waals surface area contributed by atoms with Crippen molar-refractivity contribution in [2.45, 2.75) is 19.4 Å². The van der Waals surface area contributed by atoms with Crippen molar-refractivity contribution in [1.29, 1.82) is 0 Å². The zero-order valence-electron chi connectivity index (χ0n) is 7.88. The largest absolute Gasteiger partial charge is 0.392 e. The summed E-state index contributed by atoms with van der Waals surface area (Å²) < 4.78 is 1.24. The number of aliphatic hydroxyl groups is 1. The van der Waals surface area contributed by atoms with E-state index in [0.29, 0.717) is 5.88 Å². The molecule has 0 amide bonds. The van der Waals surface area contributed by atoms with Crippen LogP contribution in [0.25, 0.3) is 10.1 Å². The summed E-state index contributed by atoms with van der Waals surface area (Å²) in [7, 11) is 0. The molecule has 2 rings (SSSR count). The Bertz CT molecular complexity index is 462. The van der Waals surface area contributed by atoms with Gasteiger partial charge in [-0.25, -0.2) is 0 Å². The fourth-order valence-electron chi connectivity index (χ4n) is 1.65. The van der Waals surface area contributed by atoms with Crippen molar-refractivity contribution >= 4 is 33.0 Å². The van der Waals surface area contributed by atoms with E-state index in [2.05, 4.69) is 13.0 Å². The number of fused-ring (bicyclic) bond motifs is 1. The molecular weight excluding hydrogens is 216 g/mol. The predicted molar refractivity (Wildman–Crippen MR) is 62.0 cm³/mol. The monoisotopic (exact) mass is 226 g/mol. The van der Waals surface area contributed by atoms with Gasteiger partial charge in [-0.2, -0.15) is 0 Å². The summed E-state index contributed by atoms with van der Waals surface area (Å²) in [5, 5.41) is 12.4. The molecule has 0 aliphatic heterocycles. The number of halogens is 1. The lowest BCUT2D eigenvalue weighted by molar-refractivity contribution is 0.283. The number of thiophene rings is 1. The summed E-state index contributed by atoms with van der Waals surface area (Å²) in [4.78, 5) is 0. The molecule has 0 unspecified atom stereocenters. The van der Waals surface area contributed by atoms with Gasteiger partial charge in [0.05, 0.1) is 6.61 Å². The van der Waals surface area contributed by atoms with Crippen molar-refractivity contribution in [3.63, 3.8) is 0 Å². The number of rotatable bonds is 2. The van der Waals surface area contributed by atoms with Crippen LogP contribution in [0.2, 0.25) is 0 Å². The normalized spacial score (nSPS) is 11.1. The third-order valence-electron chi connectivity index (χ3n) is 2.40. The van der Waals surface area contributed by atoms with Gasteiger partial charge in [0, 0.05) is 16.0 Å². The van der Waals surface area contributed by atoms with Gasteiger partial charge in [-0.3, -0.25) is 0 Å². The van der Waals surface area contributed by atoms with Crippen LogP contribution in [0.3, 0.4) is 0 Å². The zero-order chi connectivity index (χ0) is 10.1. The van der Waals surface area contributed by atoms with Gasteiger partial charge in [-0.15, -0.1) is 22.9 Å². The van der Waals surface area contributed by atoms with E-state index < -0.39 is 0 Å². The minimum absolute atomic E-state index is 0.0906. The quantitative estimate of drug-likeness (QED) is 0.778. The van der Waals surface area contributed by atoms with Crippen LogP contribution < -0.4 is 0 Å². The molecule has 0 saturated heterocycles. The van der Waals surface area contributed by atoms with Crippen LogP contribution in [-0.2, 0) is 12.5 Å². The first-order chi connectivity index (χ1) is 6.77. The molecule has 14 heavy (non-hydrogen) atoms. The topological polar surface area (TPSA) is 20.2 Å². The molecule has 0 bridgehead atoms. The van der Waals surface area contributed by atoms with E-state index in [9.17, 15) is 5.11 Å². The van der Waals surface area contributed by atoms with Crippen LogP contribution >= 0.6 is 22.9 Å². The van der Waals surface area contributed by atoms with Gasteiger partial charge in [0.15, 0.2) is 0 Å². The maximum atomic E-state index is 9.20. The van der Waals surface area contributed by atoms with Crippen LogP contribution in [-0.4, -0.2) is 5.11 Å². The van der Waals surface area contributed by atoms with Crippen molar-refractivity contribution < 1.29 is 5.11 Å². The van der Waals surface area contributed by atoms with Crippen molar-refractivity contribution in [2.24, 2.45) is 0 Å². The predicted octanol–water partition coefficient (Wildman–Crippen LogP) is 3.44. The molecule has 0 saturated carbocycles. The number of aryl methyl sites for hydroxylation is 1. The fraction of sp³-hybridized carbons (Fsp3) is 0.273. The third-order valence-corrected chi connectivity index (χ3v) is 3.85.